The summed E-state index contributed by atoms with van der Waals surface area (Å²) in [5.41, 5.74) is -0.108. The minimum absolute atomic E-state index is 0.0114. The van der Waals surface area contributed by atoms with Gasteiger partial charge in [0.25, 0.3) is 5.69 Å². The Morgan fingerprint density at radius 2 is 2.07 bits per heavy atom. The maximum absolute atomic E-state index is 10.6. The topological polar surface area (TPSA) is 66.9 Å². The Bertz CT molecular complexity index is 449. The number of hydrogen-bond donors (Lipinski definition) is 0. The standard InChI is InChI=1S/C10H9BrN2O2/c1-10(2,6-12)7-3-8(11)5-9(4-7)13(14)15/h3-5H,1-2H3. The molecule has 0 saturated heterocycles. The van der Waals surface area contributed by atoms with Crippen LogP contribution in [0.25, 0.3) is 0 Å². The van der Waals surface area contributed by atoms with Crippen LogP contribution in [0.3, 0.4) is 0 Å². The van der Waals surface area contributed by atoms with E-state index in [9.17, 15) is 10.1 Å². The third kappa shape index (κ3) is 2.54. The van der Waals surface area contributed by atoms with Gasteiger partial charge < -0.3 is 0 Å². The second-order valence-electron chi connectivity index (χ2n) is 3.69. The van der Waals surface area contributed by atoms with Crippen molar-refractivity contribution in [3.63, 3.8) is 0 Å². The lowest BCUT2D eigenvalue weighted by Crippen LogP contribution is -2.14. The molecule has 0 aromatic heterocycles. The van der Waals surface area contributed by atoms with E-state index in [1.165, 1.54) is 12.1 Å². The number of rotatable bonds is 2. The summed E-state index contributed by atoms with van der Waals surface area (Å²) in [6.45, 7) is 3.44. The highest BCUT2D eigenvalue weighted by Crippen LogP contribution is 2.29. The minimum atomic E-state index is -0.728. The van der Waals surface area contributed by atoms with Crippen LogP contribution in [0.15, 0.2) is 22.7 Å². The molecule has 1 rings (SSSR count). The van der Waals surface area contributed by atoms with E-state index in [4.69, 9.17) is 5.26 Å². The SMILES string of the molecule is CC(C)(C#N)c1cc(Br)cc([N+](=O)[O-])c1. The number of benzene rings is 1. The van der Waals surface area contributed by atoms with Gasteiger partial charge in [-0.2, -0.15) is 5.26 Å². The monoisotopic (exact) mass is 268 g/mol. The molecular weight excluding hydrogens is 260 g/mol. The molecule has 0 aliphatic heterocycles. The van der Waals surface area contributed by atoms with Gasteiger partial charge in [-0.05, 0) is 25.5 Å². The molecule has 4 nitrogen and oxygen atoms in total. The lowest BCUT2D eigenvalue weighted by Gasteiger charge is -2.15. The Balaban J connectivity index is 3.34. The first-order valence-corrected chi connectivity index (χ1v) is 5.03. The number of hydrogen-bond acceptors (Lipinski definition) is 3. The highest BCUT2D eigenvalue weighted by atomic mass is 79.9. The van der Waals surface area contributed by atoms with Gasteiger partial charge in [0.15, 0.2) is 0 Å². The van der Waals surface area contributed by atoms with E-state index in [0.29, 0.717) is 10.0 Å². The normalized spacial score (nSPS) is 10.8. The van der Waals surface area contributed by atoms with Crippen molar-refractivity contribution in [2.24, 2.45) is 0 Å². The van der Waals surface area contributed by atoms with Crippen LogP contribution in [0.2, 0.25) is 0 Å². The quantitative estimate of drug-likeness (QED) is 0.611. The summed E-state index contributed by atoms with van der Waals surface area (Å²) in [6.07, 6.45) is 0. The van der Waals surface area contributed by atoms with E-state index in [2.05, 4.69) is 22.0 Å². The Kier molecular flexibility index (Phi) is 3.10. The van der Waals surface area contributed by atoms with Crippen molar-refractivity contribution in [1.29, 1.82) is 5.26 Å². The number of nitro benzene ring substituents is 1. The molecule has 0 atom stereocenters. The van der Waals surface area contributed by atoms with E-state index >= 15 is 0 Å². The Labute approximate surface area is 95.8 Å². The van der Waals surface area contributed by atoms with Crippen LogP contribution in [0.4, 0.5) is 5.69 Å². The van der Waals surface area contributed by atoms with Gasteiger partial charge in [-0.1, -0.05) is 15.9 Å². The molecule has 0 spiro atoms. The van der Waals surface area contributed by atoms with Crippen molar-refractivity contribution < 1.29 is 4.92 Å². The lowest BCUT2D eigenvalue weighted by molar-refractivity contribution is -0.385. The zero-order valence-electron chi connectivity index (χ0n) is 8.32. The van der Waals surface area contributed by atoms with E-state index in [1.807, 2.05) is 0 Å². The first-order valence-electron chi connectivity index (χ1n) is 4.23. The van der Waals surface area contributed by atoms with Gasteiger partial charge in [-0.3, -0.25) is 10.1 Å². The molecule has 0 N–H and O–H groups in total. The smallest absolute Gasteiger partial charge is 0.258 e. The summed E-state index contributed by atoms with van der Waals surface area (Å²) in [5, 5.41) is 19.6. The average Bonchev–Trinajstić information content (AvgIpc) is 2.16. The van der Waals surface area contributed by atoms with Gasteiger partial charge in [0.2, 0.25) is 0 Å². The molecule has 0 aliphatic rings. The molecule has 0 saturated carbocycles. The molecule has 0 amide bonds. The molecule has 1 aromatic rings. The summed E-state index contributed by atoms with van der Waals surface area (Å²) in [6, 6.07) is 6.66. The fraction of sp³-hybridized carbons (Fsp3) is 0.300. The van der Waals surface area contributed by atoms with Crippen molar-refractivity contribution >= 4 is 21.6 Å². The predicted octanol–water partition coefficient (Wildman–Crippen LogP) is 3.16. The summed E-state index contributed by atoms with van der Waals surface area (Å²) in [7, 11) is 0. The van der Waals surface area contributed by atoms with Crippen LogP contribution in [-0.2, 0) is 5.41 Å². The van der Waals surface area contributed by atoms with Crippen molar-refractivity contribution in [3.8, 4) is 6.07 Å². The maximum Gasteiger partial charge on any atom is 0.270 e. The fourth-order valence-electron chi connectivity index (χ4n) is 1.10. The summed E-state index contributed by atoms with van der Waals surface area (Å²) < 4.78 is 0.607. The molecule has 0 heterocycles. The molecule has 1 aromatic carbocycles. The third-order valence-corrected chi connectivity index (χ3v) is 2.55. The molecule has 0 fully saturated rings. The molecule has 78 valence electrons. The summed E-state index contributed by atoms with van der Waals surface area (Å²) >= 11 is 3.19. The average molecular weight is 269 g/mol. The number of nitro groups is 1. The third-order valence-electron chi connectivity index (χ3n) is 2.09. The van der Waals surface area contributed by atoms with Crippen molar-refractivity contribution in [1.82, 2.24) is 0 Å². The molecule has 0 unspecified atom stereocenters. The van der Waals surface area contributed by atoms with E-state index in [-0.39, 0.29) is 5.69 Å². The van der Waals surface area contributed by atoms with Gasteiger partial charge in [0.1, 0.15) is 0 Å². The fourth-order valence-corrected chi connectivity index (χ4v) is 1.59. The second-order valence-corrected chi connectivity index (χ2v) is 4.61. The predicted molar refractivity (Wildman–Crippen MR) is 59.4 cm³/mol. The van der Waals surface area contributed by atoms with Gasteiger partial charge >= 0.3 is 0 Å². The van der Waals surface area contributed by atoms with E-state index < -0.39 is 10.3 Å². The van der Waals surface area contributed by atoms with E-state index in [0.717, 1.165) is 0 Å². The van der Waals surface area contributed by atoms with Gasteiger partial charge in [0, 0.05) is 16.6 Å². The summed E-state index contributed by atoms with van der Waals surface area (Å²) in [4.78, 5) is 10.2. The molecule has 0 bridgehead atoms. The van der Waals surface area contributed by atoms with Gasteiger partial charge in [-0.15, -0.1) is 0 Å². The highest BCUT2D eigenvalue weighted by Gasteiger charge is 2.22. The number of nitriles is 1. The van der Waals surface area contributed by atoms with Crippen molar-refractivity contribution in [2.75, 3.05) is 0 Å². The Morgan fingerprint density at radius 3 is 2.53 bits per heavy atom. The first-order chi connectivity index (χ1) is 6.86. The van der Waals surface area contributed by atoms with Crippen LogP contribution in [0, 0.1) is 21.4 Å². The Morgan fingerprint density at radius 1 is 1.47 bits per heavy atom. The van der Waals surface area contributed by atoms with Crippen LogP contribution in [0.1, 0.15) is 19.4 Å². The zero-order valence-corrected chi connectivity index (χ0v) is 9.91. The lowest BCUT2D eigenvalue weighted by atomic mass is 9.86. The van der Waals surface area contributed by atoms with Crippen LogP contribution >= 0.6 is 15.9 Å². The van der Waals surface area contributed by atoms with Crippen LogP contribution < -0.4 is 0 Å². The molecule has 0 aliphatic carbocycles. The van der Waals surface area contributed by atoms with Crippen molar-refractivity contribution in [3.05, 3.63) is 38.3 Å². The zero-order chi connectivity index (χ0) is 11.6. The highest BCUT2D eigenvalue weighted by molar-refractivity contribution is 9.10. The minimum Gasteiger partial charge on any atom is -0.258 e. The molecule has 15 heavy (non-hydrogen) atoms. The Hall–Kier alpha value is -1.41. The maximum atomic E-state index is 10.6. The van der Waals surface area contributed by atoms with E-state index in [1.54, 1.807) is 19.9 Å². The number of non-ortho nitro benzene ring substituents is 1. The first kappa shape index (κ1) is 11.7. The largest absolute Gasteiger partial charge is 0.270 e. The van der Waals surface area contributed by atoms with Crippen LogP contribution in [-0.4, -0.2) is 4.92 Å². The number of nitrogens with zero attached hydrogens (tertiary/aromatic N) is 2. The molecule has 5 heteroatoms. The molecule has 0 radical (unpaired) electrons. The molecular formula is C10H9BrN2O2. The summed E-state index contributed by atoms with van der Waals surface area (Å²) in [5.74, 6) is 0. The second kappa shape index (κ2) is 3.99. The van der Waals surface area contributed by atoms with Crippen molar-refractivity contribution in [2.45, 2.75) is 19.3 Å². The number of halogens is 1. The van der Waals surface area contributed by atoms with Gasteiger partial charge in [-0.25, -0.2) is 0 Å². The van der Waals surface area contributed by atoms with Crippen LogP contribution in [0.5, 0.6) is 0 Å². The van der Waals surface area contributed by atoms with Gasteiger partial charge in [0.05, 0.1) is 16.4 Å².